The SMILES string of the molecule is CC(=O)[C@H]1CC[C@H]2[C@@H]3CC[C@H]4C[C@](C)(OC(=O)CCC(=O)OCCN(C)C)CC[C@]4(C)[C@H]3CC[C@]12C. The van der Waals surface area contributed by atoms with Gasteiger partial charge in [0.05, 0.1) is 12.8 Å². The highest BCUT2D eigenvalue weighted by molar-refractivity contribution is 5.79. The van der Waals surface area contributed by atoms with Crippen LogP contribution in [0, 0.1) is 40.4 Å². The standard InChI is InChI=1S/C30H49NO5/c1-20(32)23-9-10-24-22-8-7-21-19-28(2,15-16-29(21,3)25(22)13-14-30(23,24)4)36-27(34)12-11-26(33)35-18-17-31(5)6/h21-25H,7-19H2,1-6H3/t21-,22-,23+,24-,25-,28+,29-,30+/m0/s1. The van der Waals surface area contributed by atoms with Crippen LogP contribution in [0.5, 0.6) is 0 Å². The number of carbonyl (C=O) groups is 3. The van der Waals surface area contributed by atoms with Crippen LogP contribution in [-0.2, 0) is 23.9 Å². The van der Waals surface area contributed by atoms with Gasteiger partial charge in [-0.1, -0.05) is 13.8 Å². The highest BCUT2D eigenvalue weighted by Gasteiger charge is 2.61. The maximum atomic E-state index is 12.7. The summed E-state index contributed by atoms with van der Waals surface area (Å²) in [5, 5.41) is 0. The van der Waals surface area contributed by atoms with Crippen LogP contribution in [0.15, 0.2) is 0 Å². The summed E-state index contributed by atoms with van der Waals surface area (Å²) >= 11 is 0. The normalized spacial score (nSPS) is 41.7. The topological polar surface area (TPSA) is 72.9 Å². The van der Waals surface area contributed by atoms with Crippen LogP contribution < -0.4 is 0 Å². The Labute approximate surface area is 218 Å². The van der Waals surface area contributed by atoms with Gasteiger partial charge in [0, 0.05) is 12.5 Å². The van der Waals surface area contributed by atoms with Crippen molar-refractivity contribution in [3.63, 3.8) is 0 Å². The van der Waals surface area contributed by atoms with Crippen LogP contribution in [0.2, 0.25) is 0 Å². The minimum absolute atomic E-state index is 0.0780. The van der Waals surface area contributed by atoms with E-state index in [2.05, 4.69) is 20.8 Å². The molecule has 0 bridgehead atoms. The average Bonchev–Trinajstić information content (AvgIpc) is 3.15. The molecule has 0 aromatic rings. The van der Waals surface area contributed by atoms with Gasteiger partial charge in [0.25, 0.3) is 0 Å². The number of Topliss-reactive ketones (excluding diaryl/α,β-unsaturated/α-hetero) is 1. The molecule has 6 nitrogen and oxygen atoms in total. The number of hydrogen-bond donors (Lipinski definition) is 0. The van der Waals surface area contributed by atoms with E-state index in [0.29, 0.717) is 36.2 Å². The van der Waals surface area contributed by atoms with Crippen LogP contribution in [0.25, 0.3) is 0 Å². The molecule has 4 fully saturated rings. The molecule has 0 radical (unpaired) electrons. The van der Waals surface area contributed by atoms with Crippen molar-refractivity contribution in [2.75, 3.05) is 27.2 Å². The molecule has 0 unspecified atom stereocenters. The van der Waals surface area contributed by atoms with Gasteiger partial charge in [0.1, 0.15) is 18.0 Å². The molecule has 0 amide bonds. The van der Waals surface area contributed by atoms with Gasteiger partial charge in [-0.3, -0.25) is 14.4 Å². The second kappa shape index (κ2) is 10.4. The molecule has 0 aliphatic heterocycles. The number of fused-ring (bicyclic) bond motifs is 5. The first-order valence-electron chi connectivity index (χ1n) is 14.4. The first-order chi connectivity index (χ1) is 16.9. The summed E-state index contributed by atoms with van der Waals surface area (Å²) < 4.78 is 11.2. The molecule has 4 saturated carbocycles. The second-order valence-corrected chi connectivity index (χ2v) is 13.6. The quantitative estimate of drug-likeness (QED) is 0.412. The van der Waals surface area contributed by atoms with E-state index in [0.717, 1.165) is 37.5 Å². The van der Waals surface area contributed by atoms with Gasteiger partial charge in [-0.05, 0) is 120 Å². The molecular formula is C30H49NO5. The molecule has 0 saturated heterocycles. The van der Waals surface area contributed by atoms with Crippen molar-refractivity contribution in [2.24, 2.45) is 40.4 Å². The maximum Gasteiger partial charge on any atom is 0.306 e. The van der Waals surface area contributed by atoms with Crippen molar-refractivity contribution in [1.82, 2.24) is 4.90 Å². The lowest BCUT2D eigenvalue weighted by molar-refractivity contribution is -0.182. The molecule has 6 heteroatoms. The molecule has 204 valence electrons. The van der Waals surface area contributed by atoms with Crippen molar-refractivity contribution in [2.45, 2.75) is 104 Å². The molecule has 8 atom stereocenters. The van der Waals surface area contributed by atoms with E-state index < -0.39 is 5.60 Å². The van der Waals surface area contributed by atoms with Crippen molar-refractivity contribution >= 4 is 17.7 Å². The Morgan fingerprint density at radius 3 is 2.22 bits per heavy atom. The smallest absolute Gasteiger partial charge is 0.306 e. The minimum atomic E-state index is -0.445. The van der Waals surface area contributed by atoms with Gasteiger partial charge in [-0.2, -0.15) is 0 Å². The summed E-state index contributed by atoms with van der Waals surface area (Å²) in [5.74, 6) is 2.74. The van der Waals surface area contributed by atoms with Crippen LogP contribution in [0.4, 0.5) is 0 Å². The number of carbonyl (C=O) groups excluding carboxylic acids is 3. The van der Waals surface area contributed by atoms with Gasteiger partial charge >= 0.3 is 11.9 Å². The Morgan fingerprint density at radius 1 is 0.833 bits per heavy atom. The monoisotopic (exact) mass is 503 g/mol. The molecule has 0 spiro atoms. The highest BCUT2D eigenvalue weighted by atomic mass is 16.6. The number of likely N-dealkylation sites (N-methyl/N-ethyl adjacent to an activating group) is 1. The summed E-state index contributed by atoms with van der Waals surface area (Å²) in [5.41, 5.74) is 0.0441. The highest BCUT2D eigenvalue weighted by Crippen LogP contribution is 2.68. The summed E-state index contributed by atoms with van der Waals surface area (Å²) in [6, 6.07) is 0. The fraction of sp³-hybridized carbons (Fsp3) is 0.900. The van der Waals surface area contributed by atoms with Gasteiger partial charge < -0.3 is 14.4 Å². The maximum absolute atomic E-state index is 12.7. The average molecular weight is 504 g/mol. The van der Waals surface area contributed by atoms with Gasteiger partial charge in [-0.25, -0.2) is 0 Å². The van der Waals surface area contributed by atoms with Crippen molar-refractivity contribution in [1.29, 1.82) is 0 Å². The molecule has 36 heavy (non-hydrogen) atoms. The predicted molar refractivity (Wildman–Crippen MR) is 139 cm³/mol. The number of ether oxygens (including phenoxy) is 2. The number of ketones is 1. The van der Waals surface area contributed by atoms with E-state index in [1.54, 1.807) is 6.92 Å². The van der Waals surface area contributed by atoms with E-state index in [1.807, 2.05) is 19.0 Å². The molecule has 4 aliphatic rings. The van der Waals surface area contributed by atoms with Gasteiger partial charge in [-0.15, -0.1) is 0 Å². The van der Waals surface area contributed by atoms with E-state index in [1.165, 1.54) is 32.1 Å². The molecule has 0 aromatic carbocycles. The van der Waals surface area contributed by atoms with Crippen LogP contribution in [0.1, 0.15) is 98.3 Å². The van der Waals surface area contributed by atoms with E-state index in [-0.39, 0.29) is 36.1 Å². The number of nitrogens with zero attached hydrogens (tertiary/aromatic N) is 1. The number of hydrogen-bond acceptors (Lipinski definition) is 6. The lowest BCUT2D eigenvalue weighted by Gasteiger charge is -2.62. The van der Waals surface area contributed by atoms with Crippen LogP contribution in [-0.4, -0.2) is 55.5 Å². The molecule has 4 aliphatic carbocycles. The summed E-state index contributed by atoms with van der Waals surface area (Å²) in [4.78, 5) is 39.0. The lowest BCUT2D eigenvalue weighted by Crippen LogP contribution is -2.56. The third-order valence-corrected chi connectivity index (χ3v) is 11.1. The molecule has 0 aromatic heterocycles. The zero-order valence-electron chi connectivity index (χ0n) is 23.6. The number of rotatable bonds is 8. The first-order valence-corrected chi connectivity index (χ1v) is 14.4. The molecular weight excluding hydrogens is 454 g/mol. The zero-order valence-corrected chi connectivity index (χ0v) is 23.6. The Bertz CT molecular complexity index is 856. The van der Waals surface area contributed by atoms with Crippen LogP contribution >= 0.6 is 0 Å². The summed E-state index contributed by atoms with van der Waals surface area (Å²) in [6.45, 7) is 9.85. The third kappa shape index (κ3) is 5.26. The van der Waals surface area contributed by atoms with E-state index in [4.69, 9.17) is 9.47 Å². The molecule has 0 N–H and O–H groups in total. The Kier molecular flexibility index (Phi) is 7.96. The molecule has 0 heterocycles. The van der Waals surface area contributed by atoms with Gasteiger partial charge in [0.15, 0.2) is 0 Å². The Hall–Kier alpha value is -1.43. The van der Waals surface area contributed by atoms with Crippen molar-refractivity contribution in [3.05, 3.63) is 0 Å². The third-order valence-electron chi connectivity index (χ3n) is 11.1. The van der Waals surface area contributed by atoms with Gasteiger partial charge in [0.2, 0.25) is 0 Å². The fourth-order valence-corrected chi connectivity index (χ4v) is 9.12. The van der Waals surface area contributed by atoms with Crippen molar-refractivity contribution in [3.8, 4) is 0 Å². The summed E-state index contributed by atoms with van der Waals surface area (Å²) in [6.07, 6.45) is 10.2. The Balaban J connectivity index is 1.33. The molecule has 4 rings (SSSR count). The fourth-order valence-electron chi connectivity index (χ4n) is 9.12. The predicted octanol–water partition coefficient (Wildman–Crippen LogP) is 5.42. The zero-order chi connectivity index (χ0) is 26.3. The largest absolute Gasteiger partial charge is 0.464 e. The van der Waals surface area contributed by atoms with E-state index >= 15 is 0 Å². The second-order valence-electron chi connectivity index (χ2n) is 13.6. The van der Waals surface area contributed by atoms with Crippen molar-refractivity contribution < 1.29 is 23.9 Å². The number of esters is 2. The first kappa shape index (κ1) is 27.6. The lowest BCUT2D eigenvalue weighted by atomic mass is 9.44. The van der Waals surface area contributed by atoms with E-state index in [9.17, 15) is 14.4 Å². The van der Waals surface area contributed by atoms with Crippen LogP contribution in [0.3, 0.4) is 0 Å². The minimum Gasteiger partial charge on any atom is -0.464 e. The Morgan fingerprint density at radius 2 is 1.53 bits per heavy atom. The summed E-state index contributed by atoms with van der Waals surface area (Å²) in [7, 11) is 3.86.